The fourth-order valence-corrected chi connectivity index (χ4v) is 5.13. The summed E-state index contributed by atoms with van der Waals surface area (Å²) in [5.74, 6) is 11.1. The first-order valence-electron chi connectivity index (χ1n) is 5.33. The number of amides is 1. The number of nitrogens with two attached hydrogens (primary N) is 1. The van der Waals surface area contributed by atoms with Crippen molar-refractivity contribution >= 4 is 5.91 Å². The standard InChI is InChI=1S/C10H14N2O/c11-12-10(13)6-2-4-3-1-5-7(4)9(5)8(3)6/h3-9H,1-2,11H2,(H,12,13)/t3-,4+,5+,6-,7+,8-,9+/m1/s1. The minimum absolute atomic E-state index is 0.100. The smallest absolute Gasteiger partial charge is 0.237 e. The molecule has 0 radical (unpaired) electrons. The molecule has 5 rings (SSSR count). The van der Waals surface area contributed by atoms with Gasteiger partial charge in [-0.2, -0.15) is 0 Å². The molecule has 7 atom stereocenters. The Labute approximate surface area is 77.0 Å². The largest absolute Gasteiger partial charge is 0.294 e. The number of nitrogens with one attached hydrogen (secondary N) is 1. The van der Waals surface area contributed by atoms with Crippen molar-refractivity contribution in [1.29, 1.82) is 0 Å². The van der Waals surface area contributed by atoms with Crippen molar-refractivity contribution in [1.82, 2.24) is 5.43 Å². The molecular formula is C10H14N2O. The normalized spacial score (nSPS) is 64.2. The number of carbonyl (C=O) groups is 1. The lowest BCUT2D eigenvalue weighted by Gasteiger charge is -2.19. The quantitative estimate of drug-likeness (QED) is 0.340. The van der Waals surface area contributed by atoms with Gasteiger partial charge in [0.05, 0.1) is 0 Å². The highest BCUT2D eigenvalue weighted by atomic mass is 16.2. The van der Waals surface area contributed by atoms with Crippen molar-refractivity contribution in [3.05, 3.63) is 0 Å². The lowest BCUT2D eigenvalue weighted by atomic mass is 9.88. The minimum atomic E-state index is 0.100. The van der Waals surface area contributed by atoms with Gasteiger partial charge in [-0.05, 0) is 48.3 Å². The van der Waals surface area contributed by atoms with Gasteiger partial charge in [-0.15, -0.1) is 0 Å². The van der Waals surface area contributed by atoms with Crippen LogP contribution in [-0.2, 0) is 4.79 Å². The molecule has 0 heterocycles. The highest BCUT2D eigenvalue weighted by Crippen LogP contribution is 2.81. The van der Waals surface area contributed by atoms with Crippen molar-refractivity contribution in [2.45, 2.75) is 12.8 Å². The third-order valence-electron chi connectivity index (χ3n) is 5.29. The maximum atomic E-state index is 11.5. The first-order chi connectivity index (χ1) is 6.33. The van der Waals surface area contributed by atoms with Gasteiger partial charge >= 0.3 is 0 Å². The topological polar surface area (TPSA) is 55.1 Å². The lowest BCUT2D eigenvalue weighted by Crippen LogP contribution is -2.38. The monoisotopic (exact) mass is 178 g/mol. The number of rotatable bonds is 1. The fraction of sp³-hybridized carbons (Fsp3) is 0.900. The number of hydrazine groups is 1. The van der Waals surface area contributed by atoms with Gasteiger partial charge in [-0.3, -0.25) is 10.2 Å². The van der Waals surface area contributed by atoms with E-state index in [1.54, 1.807) is 0 Å². The number of hydrogen-bond donors (Lipinski definition) is 2. The van der Waals surface area contributed by atoms with E-state index in [1.165, 1.54) is 6.42 Å². The summed E-state index contributed by atoms with van der Waals surface area (Å²) >= 11 is 0. The summed E-state index contributed by atoms with van der Waals surface area (Å²) < 4.78 is 0. The highest BCUT2D eigenvalue weighted by Gasteiger charge is 2.78. The van der Waals surface area contributed by atoms with Crippen LogP contribution in [0, 0.1) is 41.4 Å². The van der Waals surface area contributed by atoms with Crippen molar-refractivity contribution < 1.29 is 4.79 Å². The van der Waals surface area contributed by atoms with E-state index in [2.05, 4.69) is 5.43 Å². The lowest BCUT2D eigenvalue weighted by molar-refractivity contribution is -0.126. The zero-order chi connectivity index (χ0) is 8.74. The Morgan fingerprint density at radius 1 is 1.08 bits per heavy atom. The SMILES string of the molecule is NNC(=O)[C@@H]1C[C@H]2[C@H]3C[C@H]4[C@H]2[C@H]4[C@H]31. The van der Waals surface area contributed by atoms with E-state index in [0.717, 1.165) is 41.9 Å². The molecule has 13 heavy (non-hydrogen) atoms. The minimum Gasteiger partial charge on any atom is -0.294 e. The molecule has 0 spiro atoms. The second-order valence-corrected chi connectivity index (χ2v) is 5.31. The van der Waals surface area contributed by atoms with Crippen LogP contribution in [0.25, 0.3) is 0 Å². The Balaban J connectivity index is 1.70. The highest BCUT2D eigenvalue weighted by molar-refractivity contribution is 5.79. The summed E-state index contributed by atoms with van der Waals surface area (Å²) in [4.78, 5) is 11.5. The Hall–Kier alpha value is -0.570. The van der Waals surface area contributed by atoms with Crippen LogP contribution in [0.4, 0.5) is 0 Å². The van der Waals surface area contributed by atoms with Gasteiger partial charge in [0.1, 0.15) is 0 Å². The Kier molecular flexibility index (Phi) is 0.934. The molecule has 5 aliphatic rings. The molecule has 5 fully saturated rings. The van der Waals surface area contributed by atoms with Crippen LogP contribution in [0.3, 0.4) is 0 Å². The van der Waals surface area contributed by atoms with Crippen LogP contribution in [0.15, 0.2) is 0 Å². The zero-order valence-electron chi connectivity index (χ0n) is 7.44. The molecule has 0 unspecified atom stereocenters. The molecular weight excluding hydrogens is 164 g/mol. The van der Waals surface area contributed by atoms with E-state index in [-0.39, 0.29) is 11.8 Å². The Morgan fingerprint density at radius 3 is 2.38 bits per heavy atom. The third-order valence-corrected chi connectivity index (χ3v) is 5.29. The molecule has 0 aromatic rings. The molecule has 3 heteroatoms. The predicted octanol–water partition coefficient (Wildman–Crippen LogP) is 0.124. The average molecular weight is 178 g/mol. The van der Waals surface area contributed by atoms with Gasteiger partial charge in [0.15, 0.2) is 0 Å². The van der Waals surface area contributed by atoms with E-state index in [1.807, 2.05) is 0 Å². The van der Waals surface area contributed by atoms with Crippen LogP contribution in [0.1, 0.15) is 12.8 Å². The van der Waals surface area contributed by atoms with Crippen LogP contribution in [-0.4, -0.2) is 5.91 Å². The first kappa shape index (κ1) is 6.82. The van der Waals surface area contributed by atoms with E-state index < -0.39 is 0 Å². The maximum absolute atomic E-state index is 11.5. The summed E-state index contributed by atoms with van der Waals surface area (Å²) in [6.45, 7) is 0. The van der Waals surface area contributed by atoms with Gasteiger partial charge in [0.2, 0.25) is 5.91 Å². The molecule has 0 aliphatic heterocycles. The van der Waals surface area contributed by atoms with Crippen LogP contribution < -0.4 is 11.3 Å². The van der Waals surface area contributed by atoms with Crippen LogP contribution >= 0.6 is 0 Å². The van der Waals surface area contributed by atoms with Crippen molar-refractivity contribution in [3.8, 4) is 0 Å². The Morgan fingerprint density at radius 2 is 1.85 bits per heavy atom. The Bertz CT molecular complexity index is 303. The maximum Gasteiger partial charge on any atom is 0.237 e. The van der Waals surface area contributed by atoms with Crippen LogP contribution in [0.2, 0.25) is 0 Å². The summed E-state index contributed by atoms with van der Waals surface area (Å²) in [6, 6.07) is 0. The van der Waals surface area contributed by atoms with Crippen LogP contribution in [0.5, 0.6) is 0 Å². The molecule has 0 aromatic carbocycles. The summed E-state index contributed by atoms with van der Waals surface area (Å²) in [7, 11) is 0. The molecule has 70 valence electrons. The molecule has 3 N–H and O–H groups in total. The number of carbonyl (C=O) groups excluding carboxylic acids is 1. The van der Waals surface area contributed by atoms with Gasteiger partial charge in [-0.1, -0.05) is 0 Å². The second kappa shape index (κ2) is 1.78. The van der Waals surface area contributed by atoms with Crippen molar-refractivity contribution in [3.63, 3.8) is 0 Å². The average Bonchev–Trinajstić information content (AvgIpc) is 2.59. The molecule has 1 amide bonds. The fourth-order valence-electron chi connectivity index (χ4n) is 5.13. The molecule has 0 aromatic heterocycles. The molecule has 6 bridgehead atoms. The summed E-state index contributed by atoms with van der Waals surface area (Å²) in [6.07, 6.45) is 2.56. The summed E-state index contributed by atoms with van der Waals surface area (Å²) in [5.41, 5.74) is 2.33. The van der Waals surface area contributed by atoms with E-state index in [4.69, 9.17) is 5.84 Å². The van der Waals surface area contributed by atoms with Crippen molar-refractivity contribution in [2.24, 2.45) is 47.3 Å². The van der Waals surface area contributed by atoms with Crippen molar-refractivity contribution in [2.75, 3.05) is 0 Å². The van der Waals surface area contributed by atoms with Gasteiger partial charge < -0.3 is 0 Å². The van der Waals surface area contributed by atoms with Gasteiger partial charge in [0, 0.05) is 5.92 Å². The molecule has 3 nitrogen and oxygen atoms in total. The molecule has 0 saturated heterocycles. The molecule has 5 saturated carbocycles. The second-order valence-electron chi connectivity index (χ2n) is 5.31. The van der Waals surface area contributed by atoms with E-state index >= 15 is 0 Å². The van der Waals surface area contributed by atoms with E-state index in [0.29, 0.717) is 0 Å². The predicted molar refractivity (Wildman–Crippen MR) is 46.0 cm³/mol. The zero-order valence-corrected chi connectivity index (χ0v) is 7.44. The third kappa shape index (κ3) is 0.539. The number of hydrogen-bond acceptors (Lipinski definition) is 2. The first-order valence-corrected chi connectivity index (χ1v) is 5.33. The van der Waals surface area contributed by atoms with E-state index in [9.17, 15) is 4.79 Å². The molecule has 5 aliphatic carbocycles. The summed E-state index contributed by atoms with van der Waals surface area (Å²) in [5, 5.41) is 0. The van der Waals surface area contributed by atoms with Gasteiger partial charge in [0.25, 0.3) is 0 Å². The van der Waals surface area contributed by atoms with Gasteiger partial charge in [-0.25, -0.2) is 5.84 Å².